The van der Waals surface area contributed by atoms with E-state index in [1.807, 2.05) is 0 Å². The molecule has 0 bridgehead atoms. The fraction of sp³-hybridized carbons (Fsp3) is 0.412. The molecule has 1 heterocycles. The van der Waals surface area contributed by atoms with Gasteiger partial charge < -0.3 is 5.32 Å². The van der Waals surface area contributed by atoms with Crippen LogP contribution >= 0.6 is 23.1 Å². The number of carbonyl (C=O) groups excluding carboxylic acids is 2. The summed E-state index contributed by atoms with van der Waals surface area (Å²) in [7, 11) is 0. The van der Waals surface area contributed by atoms with Crippen molar-refractivity contribution in [1.82, 2.24) is 15.5 Å². The molecule has 1 fully saturated rings. The molecule has 0 aliphatic heterocycles. The van der Waals surface area contributed by atoms with Crippen molar-refractivity contribution in [3.8, 4) is 0 Å². The van der Waals surface area contributed by atoms with Gasteiger partial charge in [-0.15, -0.1) is 10.2 Å². The van der Waals surface area contributed by atoms with Gasteiger partial charge in [0.05, 0.1) is 10.7 Å². The van der Waals surface area contributed by atoms with E-state index in [9.17, 15) is 19.7 Å². The van der Waals surface area contributed by atoms with Crippen molar-refractivity contribution in [2.24, 2.45) is 0 Å². The summed E-state index contributed by atoms with van der Waals surface area (Å²) in [5, 5.41) is 24.5. The lowest BCUT2D eigenvalue weighted by molar-refractivity contribution is -0.384. The van der Waals surface area contributed by atoms with Gasteiger partial charge in [0, 0.05) is 23.7 Å². The molecule has 0 saturated heterocycles. The molecule has 9 nitrogen and oxygen atoms in total. The van der Waals surface area contributed by atoms with Crippen molar-refractivity contribution in [2.45, 2.75) is 42.5 Å². The number of nitro groups is 1. The first kappa shape index (κ1) is 20.2. The van der Waals surface area contributed by atoms with E-state index in [2.05, 4.69) is 20.8 Å². The molecule has 0 radical (unpaired) electrons. The fourth-order valence-corrected chi connectivity index (χ4v) is 4.45. The maximum Gasteiger partial charge on any atom is 0.270 e. The number of hydrogen-bond donors (Lipinski definition) is 2. The summed E-state index contributed by atoms with van der Waals surface area (Å²) in [5.41, 5.74) is -0.00407. The minimum absolute atomic E-state index is 0.0331. The van der Waals surface area contributed by atoms with Crippen LogP contribution in [0.1, 0.15) is 42.5 Å². The maximum absolute atomic E-state index is 12.2. The van der Waals surface area contributed by atoms with Crippen LogP contribution in [0.2, 0.25) is 0 Å². The topological polar surface area (TPSA) is 127 Å². The summed E-state index contributed by atoms with van der Waals surface area (Å²) >= 11 is 2.41. The number of amides is 2. The van der Waals surface area contributed by atoms with Gasteiger partial charge >= 0.3 is 0 Å². The van der Waals surface area contributed by atoms with Crippen LogP contribution in [0.3, 0.4) is 0 Å². The highest BCUT2D eigenvalue weighted by Gasteiger charge is 2.17. The number of hydrogen-bond acceptors (Lipinski definition) is 8. The van der Waals surface area contributed by atoms with Crippen LogP contribution in [0, 0.1) is 10.1 Å². The Balaban J connectivity index is 1.49. The minimum Gasteiger partial charge on any atom is -0.353 e. The van der Waals surface area contributed by atoms with Gasteiger partial charge in [-0.3, -0.25) is 25.0 Å². The molecule has 148 valence electrons. The molecule has 2 N–H and O–H groups in total. The molecule has 0 spiro atoms. The van der Waals surface area contributed by atoms with Crippen LogP contribution in [0.4, 0.5) is 10.8 Å². The van der Waals surface area contributed by atoms with E-state index in [1.54, 1.807) is 0 Å². The smallest absolute Gasteiger partial charge is 0.270 e. The SMILES string of the molecule is O=C(CSc1nnc(NC(=O)c2cccc([N+](=O)[O-])c2)s1)NC1CCCCC1. The molecule has 2 aromatic rings. The van der Waals surface area contributed by atoms with Crippen LogP contribution in [0.15, 0.2) is 28.6 Å². The number of benzene rings is 1. The van der Waals surface area contributed by atoms with Crippen LogP contribution in [-0.4, -0.2) is 38.7 Å². The Kier molecular flexibility index (Phi) is 6.93. The predicted octanol–water partition coefficient (Wildman–Crippen LogP) is 3.24. The van der Waals surface area contributed by atoms with Crippen molar-refractivity contribution in [3.63, 3.8) is 0 Å². The number of nitro benzene ring substituents is 1. The molecule has 1 aliphatic carbocycles. The van der Waals surface area contributed by atoms with Gasteiger partial charge in [0.2, 0.25) is 11.0 Å². The van der Waals surface area contributed by atoms with Crippen molar-refractivity contribution in [2.75, 3.05) is 11.1 Å². The largest absolute Gasteiger partial charge is 0.353 e. The molecular formula is C17H19N5O4S2. The second-order valence-corrected chi connectivity index (χ2v) is 8.53. The Hall–Kier alpha value is -2.53. The molecule has 28 heavy (non-hydrogen) atoms. The third-order valence-electron chi connectivity index (χ3n) is 4.24. The maximum atomic E-state index is 12.2. The Morgan fingerprint density at radius 3 is 2.79 bits per heavy atom. The number of anilines is 1. The van der Waals surface area contributed by atoms with Gasteiger partial charge in [0.25, 0.3) is 11.6 Å². The second kappa shape index (κ2) is 9.60. The number of thioether (sulfide) groups is 1. The molecule has 1 saturated carbocycles. The summed E-state index contributed by atoms with van der Waals surface area (Å²) in [6, 6.07) is 5.70. The minimum atomic E-state index is -0.561. The van der Waals surface area contributed by atoms with Gasteiger partial charge in [-0.1, -0.05) is 48.4 Å². The lowest BCUT2D eigenvalue weighted by Crippen LogP contribution is -2.37. The summed E-state index contributed by atoms with van der Waals surface area (Å²) in [5.74, 6) is -0.301. The van der Waals surface area contributed by atoms with Gasteiger partial charge in [-0.05, 0) is 18.9 Å². The Labute approximate surface area is 169 Å². The van der Waals surface area contributed by atoms with Crippen LogP contribution in [0.25, 0.3) is 0 Å². The third-order valence-corrected chi connectivity index (χ3v) is 6.22. The lowest BCUT2D eigenvalue weighted by Gasteiger charge is -2.22. The molecule has 0 unspecified atom stereocenters. The number of rotatable bonds is 7. The van der Waals surface area contributed by atoms with Crippen molar-refractivity contribution < 1.29 is 14.5 Å². The van der Waals surface area contributed by atoms with E-state index in [4.69, 9.17) is 0 Å². The van der Waals surface area contributed by atoms with E-state index in [1.165, 1.54) is 42.4 Å². The highest BCUT2D eigenvalue weighted by molar-refractivity contribution is 8.01. The zero-order valence-corrected chi connectivity index (χ0v) is 16.6. The Bertz CT molecular complexity index is 867. The fourth-order valence-electron chi connectivity index (χ4n) is 2.89. The first-order valence-corrected chi connectivity index (χ1v) is 10.6. The molecule has 1 aromatic carbocycles. The number of nitrogens with one attached hydrogen (secondary N) is 2. The predicted molar refractivity (Wildman–Crippen MR) is 107 cm³/mol. The van der Waals surface area contributed by atoms with Crippen molar-refractivity contribution in [3.05, 3.63) is 39.9 Å². The number of carbonyl (C=O) groups is 2. The molecule has 2 amide bonds. The average Bonchev–Trinajstić information content (AvgIpc) is 3.14. The Morgan fingerprint density at radius 2 is 2.04 bits per heavy atom. The highest BCUT2D eigenvalue weighted by atomic mass is 32.2. The monoisotopic (exact) mass is 421 g/mol. The zero-order chi connectivity index (χ0) is 19.9. The van der Waals surface area contributed by atoms with Gasteiger partial charge in [-0.25, -0.2) is 0 Å². The van der Waals surface area contributed by atoms with E-state index in [0.29, 0.717) is 4.34 Å². The van der Waals surface area contributed by atoms with E-state index in [-0.39, 0.29) is 34.1 Å². The number of nitrogens with zero attached hydrogens (tertiary/aromatic N) is 3. The van der Waals surface area contributed by atoms with E-state index < -0.39 is 10.8 Å². The normalized spacial score (nSPS) is 14.4. The van der Waals surface area contributed by atoms with Crippen LogP contribution < -0.4 is 10.6 Å². The van der Waals surface area contributed by atoms with Gasteiger partial charge in [-0.2, -0.15) is 0 Å². The van der Waals surface area contributed by atoms with Gasteiger partial charge in [0.15, 0.2) is 4.34 Å². The molecule has 0 atom stereocenters. The molecule has 1 aliphatic rings. The summed E-state index contributed by atoms with van der Waals surface area (Å²) in [6.45, 7) is 0. The number of aromatic nitrogens is 2. The third kappa shape index (κ3) is 5.73. The van der Waals surface area contributed by atoms with E-state index in [0.717, 1.165) is 37.0 Å². The lowest BCUT2D eigenvalue weighted by atomic mass is 9.95. The molecule has 1 aromatic heterocycles. The molecular weight excluding hydrogens is 402 g/mol. The molecule has 3 rings (SSSR count). The van der Waals surface area contributed by atoms with Crippen molar-refractivity contribution in [1.29, 1.82) is 0 Å². The van der Waals surface area contributed by atoms with Crippen LogP contribution in [0.5, 0.6) is 0 Å². The van der Waals surface area contributed by atoms with Crippen LogP contribution in [-0.2, 0) is 4.79 Å². The molecule has 11 heteroatoms. The van der Waals surface area contributed by atoms with Gasteiger partial charge in [0.1, 0.15) is 0 Å². The quantitative estimate of drug-likeness (QED) is 0.304. The van der Waals surface area contributed by atoms with Crippen molar-refractivity contribution >= 4 is 45.7 Å². The van der Waals surface area contributed by atoms with E-state index >= 15 is 0 Å². The summed E-state index contributed by atoms with van der Waals surface area (Å²) < 4.78 is 0.563. The number of non-ortho nitro benzene ring substituents is 1. The second-order valence-electron chi connectivity index (χ2n) is 6.33. The average molecular weight is 422 g/mol. The first-order chi connectivity index (χ1) is 13.5. The Morgan fingerprint density at radius 1 is 1.25 bits per heavy atom. The summed E-state index contributed by atoms with van der Waals surface area (Å²) in [6.07, 6.45) is 5.60. The zero-order valence-electron chi connectivity index (χ0n) is 14.9. The highest BCUT2D eigenvalue weighted by Crippen LogP contribution is 2.26. The first-order valence-electron chi connectivity index (χ1n) is 8.83. The standard InChI is InChI=1S/C17H19N5O4S2/c23-14(18-12-6-2-1-3-7-12)10-27-17-21-20-16(28-17)19-15(24)11-5-4-8-13(9-11)22(25)26/h4-5,8-9,12H,1-3,6-7,10H2,(H,18,23)(H,19,20,24). The summed E-state index contributed by atoms with van der Waals surface area (Å²) in [4.78, 5) is 34.5.